The molecule has 2 heterocycles. The molecule has 2 saturated heterocycles. The zero-order valence-corrected chi connectivity index (χ0v) is 14.4. The summed E-state index contributed by atoms with van der Waals surface area (Å²) in [6.07, 6.45) is 3.39. The second-order valence-corrected chi connectivity index (χ2v) is 7.19. The van der Waals surface area contributed by atoms with E-state index in [-0.39, 0.29) is 30.1 Å². The topological polar surface area (TPSA) is 49.9 Å². The molecule has 0 radical (unpaired) electrons. The van der Waals surface area contributed by atoms with Crippen LogP contribution in [0, 0.1) is 5.92 Å². The number of hydrogen-bond donors (Lipinski definition) is 0. The summed E-state index contributed by atoms with van der Waals surface area (Å²) in [6, 6.07) is -0.301. The van der Waals surface area contributed by atoms with Crippen LogP contribution in [0.25, 0.3) is 0 Å². The Hall–Kier alpha value is -1.10. The maximum atomic E-state index is 13.0. The number of morpholine rings is 1. The Morgan fingerprint density at radius 1 is 1.23 bits per heavy atom. The van der Waals surface area contributed by atoms with Gasteiger partial charge in [-0.2, -0.15) is 0 Å². The average molecular weight is 310 g/mol. The van der Waals surface area contributed by atoms with Gasteiger partial charge in [0.25, 0.3) is 0 Å². The number of amides is 2. The summed E-state index contributed by atoms with van der Waals surface area (Å²) in [5.41, 5.74) is 0. The molecule has 0 aromatic rings. The van der Waals surface area contributed by atoms with E-state index in [1.807, 2.05) is 23.6 Å². The fourth-order valence-electron chi connectivity index (χ4n) is 3.53. The third kappa shape index (κ3) is 4.22. The molecule has 2 aliphatic heterocycles. The minimum atomic E-state index is -0.301. The van der Waals surface area contributed by atoms with E-state index >= 15 is 0 Å². The molecule has 0 aromatic carbocycles. The van der Waals surface area contributed by atoms with Crippen LogP contribution in [0.2, 0.25) is 0 Å². The quantitative estimate of drug-likeness (QED) is 0.798. The van der Waals surface area contributed by atoms with E-state index in [0.29, 0.717) is 25.4 Å². The van der Waals surface area contributed by atoms with Gasteiger partial charge in [0.2, 0.25) is 11.8 Å². The molecule has 3 atom stereocenters. The van der Waals surface area contributed by atoms with Crippen molar-refractivity contribution in [1.29, 1.82) is 0 Å². The molecule has 5 heteroatoms. The SMILES string of the molecule is CC(C)C[C@@H](C(=O)N1C[C@@H](C)O[C@@H](C)C1)N1CCCCC1=O. The van der Waals surface area contributed by atoms with Crippen LogP contribution in [0.4, 0.5) is 0 Å². The second kappa shape index (κ2) is 7.44. The molecule has 126 valence electrons. The van der Waals surface area contributed by atoms with Gasteiger partial charge in [0.1, 0.15) is 6.04 Å². The maximum absolute atomic E-state index is 13.0. The third-order valence-electron chi connectivity index (χ3n) is 4.45. The van der Waals surface area contributed by atoms with Crippen molar-refractivity contribution >= 4 is 11.8 Å². The minimum absolute atomic E-state index is 0.0597. The number of carbonyl (C=O) groups is 2. The Morgan fingerprint density at radius 2 is 1.86 bits per heavy atom. The van der Waals surface area contributed by atoms with Crippen molar-refractivity contribution in [1.82, 2.24) is 9.80 Å². The van der Waals surface area contributed by atoms with E-state index < -0.39 is 0 Å². The van der Waals surface area contributed by atoms with Crippen molar-refractivity contribution in [2.24, 2.45) is 5.92 Å². The van der Waals surface area contributed by atoms with Gasteiger partial charge in [0.05, 0.1) is 12.2 Å². The van der Waals surface area contributed by atoms with Gasteiger partial charge in [-0.15, -0.1) is 0 Å². The molecule has 5 nitrogen and oxygen atoms in total. The Bertz CT molecular complexity index is 401. The lowest BCUT2D eigenvalue weighted by Crippen LogP contribution is -2.57. The first-order valence-corrected chi connectivity index (χ1v) is 8.62. The largest absolute Gasteiger partial charge is 0.372 e. The fourth-order valence-corrected chi connectivity index (χ4v) is 3.53. The predicted octanol–water partition coefficient (Wildman–Crippen LogP) is 2.05. The Morgan fingerprint density at radius 3 is 2.41 bits per heavy atom. The molecular formula is C17H30N2O3. The van der Waals surface area contributed by atoms with Crippen molar-refractivity contribution in [2.45, 2.75) is 71.6 Å². The van der Waals surface area contributed by atoms with Gasteiger partial charge in [-0.1, -0.05) is 13.8 Å². The number of nitrogens with zero attached hydrogens (tertiary/aromatic N) is 2. The first-order chi connectivity index (χ1) is 10.4. The van der Waals surface area contributed by atoms with Crippen molar-refractivity contribution in [3.63, 3.8) is 0 Å². The number of hydrogen-bond acceptors (Lipinski definition) is 3. The van der Waals surface area contributed by atoms with E-state index in [0.717, 1.165) is 25.8 Å². The van der Waals surface area contributed by atoms with E-state index in [1.54, 1.807) is 0 Å². The van der Waals surface area contributed by atoms with Crippen LogP contribution >= 0.6 is 0 Å². The highest BCUT2D eigenvalue weighted by atomic mass is 16.5. The fraction of sp³-hybridized carbons (Fsp3) is 0.882. The molecular weight excluding hydrogens is 280 g/mol. The summed E-state index contributed by atoms with van der Waals surface area (Å²) < 4.78 is 5.72. The monoisotopic (exact) mass is 310 g/mol. The Labute approximate surface area is 134 Å². The van der Waals surface area contributed by atoms with Crippen LogP contribution < -0.4 is 0 Å². The van der Waals surface area contributed by atoms with Crippen molar-refractivity contribution in [3.8, 4) is 0 Å². The first kappa shape index (κ1) is 17.3. The van der Waals surface area contributed by atoms with Crippen LogP contribution in [0.1, 0.15) is 53.4 Å². The molecule has 0 saturated carbocycles. The van der Waals surface area contributed by atoms with E-state index in [9.17, 15) is 9.59 Å². The molecule has 0 bridgehead atoms. The summed E-state index contributed by atoms with van der Waals surface area (Å²) >= 11 is 0. The minimum Gasteiger partial charge on any atom is -0.372 e. The van der Waals surface area contributed by atoms with Crippen LogP contribution in [0.5, 0.6) is 0 Å². The lowest BCUT2D eigenvalue weighted by atomic mass is 9.97. The van der Waals surface area contributed by atoms with Gasteiger partial charge >= 0.3 is 0 Å². The molecule has 0 unspecified atom stereocenters. The lowest BCUT2D eigenvalue weighted by Gasteiger charge is -2.41. The number of likely N-dealkylation sites (tertiary alicyclic amines) is 1. The van der Waals surface area contributed by atoms with E-state index in [1.165, 1.54) is 0 Å². The predicted molar refractivity (Wildman–Crippen MR) is 85.4 cm³/mol. The summed E-state index contributed by atoms with van der Waals surface area (Å²) in [6.45, 7) is 10.2. The molecule has 0 N–H and O–H groups in total. The summed E-state index contributed by atoms with van der Waals surface area (Å²) in [7, 11) is 0. The van der Waals surface area contributed by atoms with Crippen LogP contribution in [-0.4, -0.2) is 59.5 Å². The standard InChI is InChI=1S/C17H30N2O3/c1-12(2)9-15(19-8-6-5-7-16(19)20)17(21)18-10-13(3)22-14(4)11-18/h12-15H,5-11H2,1-4H3/t13-,14+,15-/m0/s1. The van der Waals surface area contributed by atoms with Gasteiger partial charge in [-0.25, -0.2) is 0 Å². The smallest absolute Gasteiger partial charge is 0.245 e. The number of rotatable bonds is 4. The van der Waals surface area contributed by atoms with Gasteiger partial charge in [0.15, 0.2) is 0 Å². The second-order valence-electron chi connectivity index (χ2n) is 7.19. The number of carbonyl (C=O) groups excluding carboxylic acids is 2. The summed E-state index contributed by atoms with van der Waals surface area (Å²) in [5, 5.41) is 0. The summed E-state index contributed by atoms with van der Waals surface area (Å²) in [4.78, 5) is 29.0. The highest BCUT2D eigenvalue weighted by molar-refractivity contribution is 5.88. The molecule has 22 heavy (non-hydrogen) atoms. The van der Waals surface area contributed by atoms with Gasteiger partial charge in [0, 0.05) is 26.1 Å². The van der Waals surface area contributed by atoms with Gasteiger partial charge in [-0.3, -0.25) is 9.59 Å². The molecule has 0 spiro atoms. The molecule has 0 aliphatic carbocycles. The van der Waals surface area contributed by atoms with E-state index in [4.69, 9.17) is 4.74 Å². The molecule has 2 amide bonds. The Balaban J connectivity index is 2.13. The summed E-state index contributed by atoms with van der Waals surface area (Å²) in [5.74, 6) is 0.630. The first-order valence-electron chi connectivity index (χ1n) is 8.62. The van der Waals surface area contributed by atoms with Crippen molar-refractivity contribution < 1.29 is 14.3 Å². The normalized spacial score (nSPS) is 28.1. The zero-order valence-electron chi connectivity index (χ0n) is 14.4. The third-order valence-corrected chi connectivity index (χ3v) is 4.45. The zero-order chi connectivity index (χ0) is 16.3. The average Bonchev–Trinajstić information content (AvgIpc) is 2.43. The lowest BCUT2D eigenvalue weighted by molar-refractivity contribution is -0.155. The number of ether oxygens (including phenoxy) is 1. The molecule has 0 aromatic heterocycles. The van der Waals surface area contributed by atoms with E-state index in [2.05, 4.69) is 13.8 Å². The molecule has 2 aliphatic rings. The molecule has 2 rings (SSSR count). The highest BCUT2D eigenvalue weighted by Gasteiger charge is 2.36. The van der Waals surface area contributed by atoms with Crippen LogP contribution in [0.15, 0.2) is 0 Å². The van der Waals surface area contributed by atoms with Gasteiger partial charge < -0.3 is 14.5 Å². The molecule has 2 fully saturated rings. The Kier molecular flexibility index (Phi) is 5.84. The van der Waals surface area contributed by atoms with Gasteiger partial charge in [-0.05, 0) is 39.0 Å². The van der Waals surface area contributed by atoms with Crippen molar-refractivity contribution in [3.05, 3.63) is 0 Å². The number of piperidine rings is 1. The van der Waals surface area contributed by atoms with Crippen molar-refractivity contribution in [2.75, 3.05) is 19.6 Å². The maximum Gasteiger partial charge on any atom is 0.245 e. The highest BCUT2D eigenvalue weighted by Crippen LogP contribution is 2.22. The van der Waals surface area contributed by atoms with Crippen LogP contribution in [-0.2, 0) is 14.3 Å². The van der Waals surface area contributed by atoms with Crippen LogP contribution in [0.3, 0.4) is 0 Å².